The van der Waals surface area contributed by atoms with Gasteiger partial charge in [0.2, 0.25) is 0 Å². The molecule has 2 heterocycles. The fourth-order valence-corrected chi connectivity index (χ4v) is 16.4. The van der Waals surface area contributed by atoms with Crippen molar-refractivity contribution in [2.45, 2.75) is 51.4 Å². The molecule has 1 aliphatic carbocycles. The van der Waals surface area contributed by atoms with Gasteiger partial charge >= 0.3 is 0 Å². The van der Waals surface area contributed by atoms with Gasteiger partial charge in [0.25, 0.3) is 0 Å². The standard InChI is InChI=1S/C62H52N2Si/c1-61(2)38-39-62(3,4)55-42-49(35-37-54(55)61)65(46-23-10-6-11-24-46,47-25-12-7-13-26-47)48-27-18-22-45(41-48)64-56-31-16-14-28-51(56)52-36-34-43(40-59(52)64)50-30-19-33-58-60(50)53-29-15-17-32-57(53)63(58)44-20-8-5-9-21-44/h5-37,40-42H,38-39H2,1-4H3. The monoisotopic (exact) mass is 852 g/mol. The summed E-state index contributed by atoms with van der Waals surface area (Å²) in [6, 6.07) is 82.6. The topological polar surface area (TPSA) is 9.86 Å². The van der Waals surface area contributed by atoms with E-state index in [1.807, 2.05) is 0 Å². The van der Waals surface area contributed by atoms with Crippen LogP contribution in [0.4, 0.5) is 0 Å². The van der Waals surface area contributed by atoms with Crippen LogP contribution in [-0.2, 0) is 10.8 Å². The van der Waals surface area contributed by atoms with E-state index >= 15 is 0 Å². The van der Waals surface area contributed by atoms with Gasteiger partial charge in [0.15, 0.2) is 8.07 Å². The molecule has 0 N–H and O–H groups in total. The molecule has 3 heteroatoms. The SMILES string of the molecule is CC1(C)CCC(C)(C)c2cc([Si](c3ccccc3)(c3ccccc3)c3cccc(-n4c5ccccc5c5ccc(-c6cccc7c6c6ccccc6n7-c6ccccc6)cc54)c3)ccc21. The molecule has 11 aromatic rings. The highest BCUT2D eigenvalue weighted by Crippen LogP contribution is 2.46. The summed E-state index contributed by atoms with van der Waals surface area (Å²) in [4.78, 5) is 0. The first kappa shape index (κ1) is 39.4. The number of hydrogen-bond acceptors (Lipinski definition) is 0. The zero-order valence-corrected chi connectivity index (χ0v) is 38.6. The third-order valence-electron chi connectivity index (χ3n) is 14.9. The van der Waals surface area contributed by atoms with E-state index in [-0.39, 0.29) is 10.8 Å². The first-order valence-electron chi connectivity index (χ1n) is 23.2. The number of rotatable bonds is 7. The van der Waals surface area contributed by atoms with Crippen LogP contribution in [-0.4, -0.2) is 17.2 Å². The third-order valence-corrected chi connectivity index (χ3v) is 19.7. The summed E-state index contributed by atoms with van der Waals surface area (Å²) in [5, 5.41) is 10.6. The van der Waals surface area contributed by atoms with E-state index in [4.69, 9.17) is 0 Å². The Hall–Kier alpha value is -7.20. The Labute approximate surface area is 383 Å². The van der Waals surface area contributed by atoms with E-state index in [1.165, 1.54) is 111 Å². The Morgan fingerprint density at radius 2 is 0.862 bits per heavy atom. The molecule has 314 valence electrons. The van der Waals surface area contributed by atoms with Gasteiger partial charge < -0.3 is 9.13 Å². The molecule has 1 aliphatic rings. The molecule has 0 fully saturated rings. The van der Waals surface area contributed by atoms with E-state index < -0.39 is 8.07 Å². The average molecular weight is 853 g/mol. The second kappa shape index (κ2) is 14.9. The molecular weight excluding hydrogens is 801 g/mol. The number of hydrogen-bond donors (Lipinski definition) is 0. The summed E-state index contributed by atoms with van der Waals surface area (Å²) >= 11 is 0. The van der Waals surface area contributed by atoms with Crippen LogP contribution >= 0.6 is 0 Å². The number of fused-ring (bicyclic) bond motifs is 7. The minimum absolute atomic E-state index is 0.0810. The van der Waals surface area contributed by atoms with Crippen molar-refractivity contribution in [2.75, 3.05) is 0 Å². The molecular formula is C62H52N2Si. The second-order valence-electron chi connectivity index (χ2n) is 19.5. The Morgan fingerprint density at radius 3 is 1.57 bits per heavy atom. The molecule has 2 aromatic heterocycles. The molecule has 2 nitrogen and oxygen atoms in total. The maximum absolute atomic E-state index is 2.91. The fourth-order valence-electron chi connectivity index (χ4n) is 11.6. The van der Waals surface area contributed by atoms with Crippen LogP contribution in [0.15, 0.2) is 218 Å². The summed E-state index contributed by atoms with van der Waals surface area (Å²) in [5.41, 5.74) is 12.8. The molecule has 0 saturated carbocycles. The van der Waals surface area contributed by atoms with Gasteiger partial charge in [-0.15, -0.1) is 0 Å². The Kier molecular flexibility index (Phi) is 9.05. The molecule has 0 saturated heterocycles. The first-order valence-corrected chi connectivity index (χ1v) is 25.2. The smallest absolute Gasteiger partial charge is 0.179 e. The molecule has 0 bridgehead atoms. The van der Waals surface area contributed by atoms with Crippen molar-refractivity contribution in [3.05, 3.63) is 230 Å². The number of benzene rings is 9. The van der Waals surface area contributed by atoms with Gasteiger partial charge in [-0.3, -0.25) is 0 Å². The number of nitrogens with zero attached hydrogens (tertiary/aromatic N) is 2. The van der Waals surface area contributed by atoms with Crippen molar-refractivity contribution in [3.8, 4) is 22.5 Å². The molecule has 12 rings (SSSR count). The van der Waals surface area contributed by atoms with Crippen LogP contribution in [0.25, 0.3) is 66.1 Å². The fraction of sp³-hybridized carbons (Fsp3) is 0.129. The van der Waals surface area contributed by atoms with Gasteiger partial charge in [-0.1, -0.05) is 198 Å². The van der Waals surface area contributed by atoms with Gasteiger partial charge in [-0.2, -0.15) is 0 Å². The van der Waals surface area contributed by atoms with E-state index in [0.29, 0.717) is 0 Å². The van der Waals surface area contributed by atoms with E-state index in [0.717, 1.165) is 0 Å². The predicted octanol–water partition coefficient (Wildman–Crippen LogP) is 13.3. The van der Waals surface area contributed by atoms with Gasteiger partial charge in [0, 0.05) is 32.9 Å². The summed E-state index contributed by atoms with van der Waals surface area (Å²) in [6.07, 6.45) is 2.37. The highest BCUT2D eigenvalue weighted by Gasteiger charge is 2.44. The van der Waals surface area contributed by atoms with Crippen LogP contribution in [0.2, 0.25) is 0 Å². The molecule has 0 atom stereocenters. The van der Waals surface area contributed by atoms with Crippen molar-refractivity contribution in [1.29, 1.82) is 0 Å². The second-order valence-corrected chi connectivity index (χ2v) is 23.3. The van der Waals surface area contributed by atoms with Crippen LogP contribution in [0.1, 0.15) is 51.7 Å². The van der Waals surface area contributed by atoms with Gasteiger partial charge in [-0.25, -0.2) is 0 Å². The molecule has 0 unspecified atom stereocenters. The molecule has 0 radical (unpaired) electrons. The summed E-state index contributed by atoms with van der Waals surface area (Å²) in [6.45, 7) is 9.78. The lowest BCUT2D eigenvalue weighted by atomic mass is 9.63. The summed E-state index contributed by atoms with van der Waals surface area (Å²) in [5.74, 6) is 0. The van der Waals surface area contributed by atoms with Gasteiger partial charge in [-0.05, 0) is 115 Å². The Bertz CT molecular complexity index is 3550. The highest BCUT2D eigenvalue weighted by molar-refractivity contribution is 7.20. The number of para-hydroxylation sites is 3. The van der Waals surface area contributed by atoms with Crippen molar-refractivity contribution >= 4 is 72.4 Å². The lowest BCUT2D eigenvalue weighted by molar-refractivity contribution is 0.332. The molecule has 0 spiro atoms. The largest absolute Gasteiger partial charge is 0.309 e. The third kappa shape index (κ3) is 6.06. The van der Waals surface area contributed by atoms with Crippen LogP contribution < -0.4 is 20.7 Å². The maximum Gasteiger partial charge on any atom is 0.179 e. The lowest BCUT2D eigenvalue weighted by Gasteiger charge is -2.43. The quantitative estimate of drug-likeness (QED) is 0.112. The minimum Gasteiger partial charge on any atom is -0.309 e. The van der Waals surface area contributed by atoms with Crippen molar-refractivity contribution < 1.29 is 0 Å². The predicted molar refractivity (Wildman–Crippen MR) is 279 cm³/mol. The van der Waals surface area contributed by atoms with Gasteiger partial charge in [0.1, 0.15) is 0 Å². The number of aromatic nitrogens is 2. The first-order chi connectivity index (χ1) is 31.7. The molecule has 9 aromatic carbocycles. The molecule has 0 amide bonds. The molecule has 0 aliphatic heterocycles. The van der Waals surface area contributed by atoms with Crippen molar-refractivity contribution in [1.82, 2.24) is 9.13 Å². The maximum atomic E-state index is 2.64. The van der Waals surface area contributed by atoms with E-state index in [1.54, 1.807) is 0 Å². The summed E-state index contributed by atoms with van der Waals surface area (Å²) < 4.78 is 4.94. The average Bonchev–Trinajstić information content (AvgIpc) is 3.87. The zero-order chi connectivity index (χ0) is 43.9. The van der Waals surface area contributed by atoms with E-state index in [2.05, 4.69) is 255 Å². The Balaban J connectivity index is 1.11. The minimum atomic E-state index is -2.91. The highest BCUT2D eigenvalue weighted by atomic mass is 28.3. The lowest BCUT2D eigenvalue weighted by Crippen LogP contribution is -2.75. The zero-order valence-electron chi connectivity index (χ0n) is 37.6. The molecule has 65 heavy (non-hydrogen) atoms. The normalized spacial score (nSPS) is 14.6. The van der Waals surface area contributed by atoms with E-state index in [9.17, 15) is 0 Å². The van der Waals surface area contributed by atoms with Crippen LogP contribution in [0.5, 0.6) is 0 Å². The van der Waals surface area contributed by atoms with Crippen LogP contribution in [0.3, 0.4) is 0 Å². The van der Waals surface area contributed by atoms with Crippen molar-refractivity contribution in [2.24, 2.45) is 0 Å². The summed E-state index contributed by atoms with van der Waals surface area (Å²) in [7, 11) is -2.91. The van der Waals surface area contributed by atoms with Crippen molar-refractivity contribution in [3.63, 3.8) is 0 Å². The van der Waals surface area contributed by atoms with Crippen LogP contribution in [0, 0.1) is 0 Å². The Morgan fingerprint density at radius 1 is 0.354 bits per heavy atom. The van der Waals surface area contributed by atoms with Gasteiger partial charge in [0.05, 0.1) is 22.1 Å².